The molecule has 0 fully saturated rings. The van der Waals surface area contributed by atoms with Crippen molar-refractivity contribution in [2.75, 3.05) is 5.88 Å². The maximum Gasteiger partial charge on any atom is 0.261 e. The summed E-state index contributed by atoms with van der Waals surface area (Å²) in [5.74, 6) is 0.720. The molecule has 0 N–H and O–H groups in total. The Morgan fingerprint density at radius 3 is 2.72 bits per heavy atom. The summed E-state index contributed by atoms with van der Waals surface area (Å²) in [5, 5.41) is 0.695. The van der Waals surface area contributed by atoms with Crippen LogP contribution in [0.25, 0.3) is 10.9 Å². The summed E-state index contributed by atoms with van der Waals surface area (Å²) < 4.78 is 1.70. The van der Waals surface area contributed by atoms with Gasteiger partial charge in [0, 0.05) is 12.4 Å². The van der Waals surface area contributed by atoms with Crippen molar-refractivity contribution in [2.45, 2.75) is 32.2 Å². The van der Waals surface area contributed by atoms with Gasteiger partial charge in [-0.2, -0.15) is 0 Å². The molecule has 0 radical (unpaired) electrons. The number of rotatable bonds is 6. The summed E-state index contributed by atoms with van der Waals surface area (Å²) in [6.07, 6.45) is 5.92. The lowest BCUT2D eigenvalue weighted by Gasteiger charge is -2.06. The predicted octanol–water partition coefficient (Wildman–Crippen LogP) is 3.20. The van der Waals surface area contributed by atoms with E-state index in [4.69, 9.17) is 11.6 Å². The van der Waals surface area contributed by atoms with E-state index in [1.54, 1.807) is 10.9 Å². The van der Waals surface area contributed by atoms with Crippen molar-refractivity contribution in [1.82, 2.24) is 9.55 Å². The second kappa shape index (κ2) is 6.55. The van der Waals surface area contributed by atoms with Gasteiger partial charge in [0.2, 0.25) is 0 Å². The van der Waals surface area contributed by atoms with Gasteiger partial charge >= 0.3 is 0 Å². The number of fused-ring (bicyclic) bond motifs is 1. The quantitative estimate of drug-likeness (QED) is 0.593. The molecule has 0 saturated heterocycles. The molecule has 0 aliphatic heterocycles. The highest BCUT2D eigenvalue weighted by Crippen LogP contribution is 2.06. The van der Waals surface area contributed by atoms with Gasteiger partial charge < -0.3 is 0 Å². The Morgan fingerprint density at radius 2 is 1.89 bits per heavy atom. The van der Waals surface area contributed by atoms with Crippen LogP contribution >= 0.6 is 11.6 Å². The van der Waals surface area contributed by atoms with Crippen molar-refractivity contribution in [3.8, 4) is 0 Å². The van der Waals surface area contributed by atoms with Crippen LogP contribution in [0.4, 0.5) is 0 Å². The van der Waals surface area contributed by atoms with E-state index in [-0.39, 0.29) is 5.56 Å². The number of aryl methyl sites for hydroxylation is 1. The highest BCUT2D eigenvalue weighted by atomic mass is 35.5. The van der Waals surface area contributed by atoms with Crippen molar-refractivity contribution in [3.05, 3.63) is 40.9 Å². The van der Waals surface area contributed by atoms with Crippen molar-refractivity contribution in [1.29, 1.82) is 0 Å². The molecular formula is C14H17ClN2O. The number of benzene rings is 1. The minimum Gasteiger partial charge on any atom is -0.299 e. The van der Waals surface area contributed by atoms with Crippen molar-refractivity contribution in [2.24, 2.45) is 0 Å². The molecule has 96 valence electrons. The van der Waals surface area contributed by atoms with E-state index >= 15 is 0 Å². The lowest BCUT2D eigenvalue weighted by Crippen LogP contribution is -2.20. The second-order valence-corrected chi connectivity index (χ2v) is 4.74. The molecule has 0 aliphatic rings. The first-order valence-corrected chi connectivity index (χ1v) is 6.86. The summed E-state index contributed by atoms with van der Waals surface area (Å²) in [6.45, 7) is 0.735. The summed E-state index contributed by atoms with van der Waals surface area (Å²) in [4.78, 5) is 16.4. The van der Waals surface area contributed by atoms with Crippen LogP contribution in [-0.4, -0.2) is 15.4 Å². The van der Waals surface area contributed by atoms with Gasteiger partial charge in [-0.05, 0) is 25.0 Å². The van der Waals surface area contributed by atoms with E-state index in [0.717, 1.165) is 43.6 Å². The molecule has 18 heavy (non-hydrogen) atoms. The van der Waals surface area contributed by atoms with E-state index in [2.05, 4.69) is 4.98 Å². The smallest absolute Gasteiger partial charge is 0.261 e. The summed E-state index contributed by atoms with van der Waals surface area (Å²) in [5.41, 5.74) is 0.818. The molecule has 0 aliphatic carbocycles. The number of para-hydroxylation sites is 1. The zero-order valence-electron chi connectivity index (χ0n) is 10.3. The number of halogens is 1. The molecule has 4 heteroatoms. The third-order valence-corrected chi connectivity index (χ3v) is 3.28. The van der Waals surface area contributed by atoms with Crippen LogP contribution in [0, 0.1) is 0 Å². The summed E-state index contributed by atoms with van der Waals surface area (Å²) >= 11 is 5.62. The monoisotopic (exact) mass is 264 g/mol. The fourth-order valence-electron chi connectivity index (χ4n) is 2.00. The van der Waals surface area contributed by atoms with E-state index in [0.29, 0.717) is 5.39 Å². The van der Waals surface area contributed by atoms with Crippen molar-refractivity contribution < 1.29 is 0 Å². The molecule has 3 nitrogen and oxygen atoms in total. The number of aromatic nitrogens is 2. The predicted molar refractivity (Wildman–Crippen MR) is 75.2 cm³/mol. The van der Waals surface area contributed by atoms with E-state index in [9.17, 15) is 4.79 Å². The van der Waals surface area contributed by atoms with Gasteiger partial charge in [-0.15, -0.1) is 11.6 Å². The second-order valence-electron chi connectivity index (χ2n) is 4.36. The van der Waals surface area contributed by atoms with E-state index < -0.39 is 0 Å². The minimum atomic E-state index is 0.0537. The number of hydrogen-bond acceptors (Lipinski definition) is 2. The fraction of sp³-hybridized carbons (Fsp3) is 0.429. The number of alkyl halides is 1. The standard InChI is InChI=1S/C14H17ClN2O/c15-9-5-1-2-6-10-17-11-16-13-8-4-3-7-12(13)14(17)18/h3-4,7-8,11H,1-2,5-6,9-10H2. The Morgan fingerprint density at radius 1 is 1.11 bits per heavy atom. The summed E-state index contributed by atoms with van der Waals surface area (Å²) in [7, 11) is 0. The molecule has 0 amide bonds. The van der Waals surface area contributed by atoms with E-state index in [1.165, 1.54) is 0 Å². The van der Waals surface area contributed by atoms with Gasteiger partial charge in [0.1, 0.15) is 0 Å². The Hall–Kier alpha value is -1.35. The first-order valence-electron chi connectivity index (χ1n) is 6.33. The Balaban J connectivity index is 2.05. The molecule has 2 aromatic rings. The Kier molecular flexibility index (Phi) is 4.76. The zero-order chi connectivity index (χ0) is 12.8. The maximum atomic E-state index is 12.2. The normalized spacial score (nSPS) is 10.9. The SMILES string of the molecule is O=c1c2ccccc2ncn1CCCCCCCl. The molecule has 1 aromatic carbocycles. The van der Waals surface area contributed by atoms with Crippen LogP contribution < -0.4 is 5.56 Å². The molecule has 0 saturated carbocycles. The maximum absolute atomic E-state index is 12.2. The van der Waals surface area contributed by atoms with Crippen molar-refractivity contribution >= 4 is 22.5 Å². The number of hydrogen-bond donors (Lipinski definition) is 0. The van der Waals surface area contributed by atoms with Crippen LogP contribution in [0.5, 0.6) is 0 Å². The first kappa shape index (κ1) is 13.1. The van der Waals surface area contributed by atoms with Crippen molar-refractivity contribution in [3.63, 3.8) is 0 Å². The average molecular weight is 265 g/mol. The minimum absolute atomic E-state index is 0.0537. The molecule has 0 bridgehead atoms. The highest BCUT2D eigenvalue weighted by Gasteiger charge is 2.02. The lowest BCUT2D eigenvalue weighted by molar-refractivity contribution is 0.568. The van der Waals surface area contributed by atoms with Crippen LogP contribution in [0.1, 0.15) is 25.7 Å². The highest BCUT2D eigenvalue weighted by molar-refractivity contribution is 6.17. The fourth-order valence-corrected chi connectivity index (χ4v) is 2.18. The third kappa shape index (κ3) is 3.10. The molecule has 1 aromatic heterocycles. The van der Waals surface area contributed by atoms with Crippen LogP contribution in [0.15, 0.2) is 35.4 Å². The number of unbranched alkanes of at least 4 members (excludes halogenated alkanes) is 3. The molecule has 0 unspecified atom stereocenters. The lowest BCUT2D eigenvalue weighted by atomic mass is 10.2. The molecule has 0 spiro atoms. The van der Waals surface area contributed by atoms with Gasteiger partial charge in [0.15, 0.2) is 0 Å². The molecular weight excluding hydrogens is 248 g/mol. The summed E-state index contributed by atoms with van der Waals surface area (Å²) in [6, 6.07) is 7.46. The van der Waals surface area contributed by atoms with Gasteiger partial charge in [-0.25, -0.2) is 4.98 Å². The Bertz CT molecular complexity index is 565. The first-order chi connectivity index (χ1) is 8.83. The van der Waals surface area contributed by atoms with Crippen LogP contribution in [0.2, 0.25) is 0 Å². The molecule has 0 atom stereocenters. The van der Waals surface area contributed by atoms with Crippen LogP contribution in [-0.2, 0) is 6.54 Å². The van der Waals surface area contributed by atoms with E-state index in [1.807, 2.05) is 24.3 Å². The number of nitrogens with zero attached hydrogens (tertiary/aromatic N) is 2. The zero-order valence-corrected chi connectivity index (χ0v) is 11.1. The van der Waals surface area contributed by atoms with Gasteiger partial charge in [-0.3, -0.25) is 9.36 Å². The largest absolute Gasteiger partial charge is 0.299 e. The molecule has 1 heterocycles. The van der Waals surface area contributed by atoms with Gasteiger partial charge in [0.05, 0.1) is 17.2 Å². The Labute approximate surface area is 111 Å². The van der Waals surface area contributed by atoms with Gasteiger partial charge in [-0.1, -0.05) is 25.0 Å². The van der Waals surface area contributed by atoms with Crippen LogP contribution in [0.3, 0.4) is 0 Å². The third-order valence-electron chi connectivity index (χ3n) is 3.01. The average Bonchev–Trinajstić information content (AvgIpc) is 2.41. The topological polar surface area (TPSA) is 34.9 Å². The molecule has 2 rings (SSSR count). The van der Waals surface area contributed by atoms with Gasteiger partial charge in [0.25, 0.3) is 5.56 Å².